The van der Waals surface area contributed by atoms with E-state index in [4.69, 9.17) is 0 Å². The van der Waals surface area contributed by atoms with E-state index in [1.54, 1.807) is 6.07 Å². The molecule has 0 radical (unpaired) electrons. The summed E-state index contributed by atoms with van der Waals surface area (Å²) in [5, 5.41) is 3.31. The van der Waals surface area contributed by atoms with E-state index < -0.39 is 0 Å². The number of hydrogen-bond acceptors (Lipinski definition) is 2. The van der Waals surface area contributed by atoms with Gasteiger partial charge in [0.15, 0.2) is 0 Å². The highest BCUT2D eigenvalue weighted by atomic mass is 19.1. The molecule has 2 nitrogen and oxygen atoms in total. The van der Waals surface area contributed by atoms with Gasteiger partial charge < -0.3 is 10.2 Å². The Balaban J connectivity index is 2.98. The van der Waals surface area contributed by atoms with Gasteiger partial charge in [0.05, 0.1) is 5.69 Å². The fourth-order valence-corrected chi connectivity index (χ4v) is 2.35. The Hall–Kier alpha value is -1.09. The van der Waals surface area contributed by atoms with Gasteiger partial charge in [-0.05, 0) is 51.4 Å². The SMILES string of the molecule is CCCN(c1ccc(C(C)NCC)cc1F)C(C)C. The number of hydrogen-bond donors (Lipinski definition) is 1. The summed E-state index contributed by atoms with van der Waals surface area (Å²) in [4.78, 5) is 2.12. The summed E-state index contributed by atoms with van der Waals surface area (Å²) in [6.07, 6.45) is 1.02. The van der Waals surface area contributed by atoms with Gasteiger partial charge in [-0.15, -0.1) is 0 Å². The molecule has 0 spiro atoms. The van der Waals surface area contributed by atoms with Crippen molar-refractivity contribution in [2.24, 2.45) is 0 Å². The number of nitrogens with zero attached hydrogens (tertiary/aromatic N) is 1. The summed E-state index contributed by atoms with van der Waals surface area (Å²) in [7, 11) is 0. The quantitative estimate of drug-likeness (QED) is 0.798. The molecular weight excluding hydrogens is 239 g/mol. The molecule has 0 aromatic heterocycles. The van der Waals surface area contributed by atoms with E-state index in [-0.39, 0.29) is 11.9 Å². The lowest BCUT2D eigenvalue weighted by Crippen LogP contribution is -2.32. The molecule has 19 heavy (non-hydrogen) atoms. The third-order valence-corrected chi connectivity index (χ3v) is 3.38. The summed E-state index contributed by atoms with van der Waals surface area (Å²) in [5.74, 6) is -0.121. The van der Waals surface area contributed by atoms with Crippen LogP contribution in [-0.2, 0) is 0 Å². The molecule has 0 fully saturated rings. The highest BCUT2D eigenvalue weighted by Gasteiger charge is 2.15. The van der Waals surface area contributed by atoms with Gasteiger partial charge in [-0.2, -0.15) is 0 Å². The van der Waals surface area contributed by atoms with E-state index in [9.17, 15) is 4.39 Å². The van der Waals surface area contributed by atoms with E-state index >= 15 is 0 Å². The largest absolute Gasteiger partial charge is 0.367 e. The molecule has 0 aliphatic heterocycles. The van der Waals surface area contributed by atoms with Gasteiger partial charge in [0.2, 0.25) is 0 Å². The molecule has 1 aromatic rings. The maximum atomic E-state index is 14.3. The van der Waals surface area contributed by atoms with E-state index in [1.807, 2.05) is 12.1 Å². The predicted molar refractivity (Wildman–Crippen MR) is 81.3 cm³/mol. The normalized spacial score (nSPS) is 12.8. The zero-order valence-corrected chi connectivity index (χ0v) is 12.8. The van der Waals surface area contributed by atoms with Crippen LogP contribution in [0.4, 0.5) is 10.1 Å². The maximum Gasteiger partial charge on any atom is 0.146 e. The highest BCUT2D eigenvalue weighted by Crippen LogP contribution is 2.25. The maximum absolute atomic E-state index is 14.3. The molecule has 3 heteroatoms. The zero-order chi connectivity index (χ0) is 14.4. The van der Waals surface area contributed by atoms with Crippen LogP contribution >= 0.6 is 0 Å². The summed E-state index contributed by atoms with van der Waals surface area (Å²) in [6, 6.07) is 6.09. The van der Waals surface area contributed by atoms with Gasteiger partial charge in [0, 0.05) is 18.6 Å². The van der Waals surface area contributed by atoms with Gasteiger partial charge in [0.25, 0.3) is 0 Å². The molecule has 1 aromatic carbocycles. The summed E-state index contributed by atoms with van der Waals surface area (Å²) in [6.45, 7) is 12.2. The van der Waals surface area contributed by atoms with Crippen LogP contribution in [0.25, 0.3) is 0 Å². The lowest BCUT2D eigenvalue weighted by atomic mass is 10.1. The minimum atomic E-state index is -0.121. The lowest BCUT2D eigenvalue weighted by molar-refractivity contribution is 0.573. The average molecular weight is 266 g/mol. The van der Waals surface area contributed by atoms with Crippen LogP contribution in [0.15, 0.2) is 18.2 Å². The molecule has 1 rings (SSSR count). The molecule has 0 aliphatic rings. The van der Waals surface area contributed by atoms with Crippen molar-refractivity contribution in [2.45, 2.75) is 53.1 Å². The second-order valence-electron chi connectivity index (χ2n) is 5.28. The first-order chi connectivity index (χ1) is 9.01. The van der Waals surface area contributed by atoms with Crippen LogP contribution in [0.1, 0.15) is 52.6 Å². The van der Waals surface area contributed by atoms with E-state index in [2.05, 4.69) is 44.8 Å². The van der Waals surface area contributed by atoms with Crippen molar-refractivity contribution in [1.29, 1.82) is 0 Å². The fraction of sp³-hybridized carbons (Fsp3) is 0.625. The average Bonchev–Trinajstić information content (AvgIpc) is 2.36. The molecule has 0 aliphatic carbocycles. The third-order valence-electron chi connectivity index (χ3n) is 3.38. The minimum absolute atomic E-state index is 0.121. The van der Waals surface area contributed by atoms with Crippen LogP contribution in [0.2, 0.25) is 0 Å². The third kappa shape index (κ3) is 4.20. The molecule has 108 valence electrons. The van der Waals surface area contributed by atoms with Gasteiger partial charge in [-0.3, -0.25) is 0 Å². The number of rotatable bonds is 7. The Kier molecular flexibility index (Phi) is 6.29. The summed E-state index contributed by atoms with van der Waals surface area (Å²) in [5.41, 5.74) is 1.72. The van der Waals surface area contributed by atoms with Crippen LogP contribution < -0.4 is 10.2 Å². The van der Waals surface area contributed by atoms with Crippen molar-refractivity contribution in [3.05, 3.63) is 29.6 Å². The number of anilines is 1. The van der Waals surface area contributed by atoms with Crippen molar-refractivity contribution in [3.8, 4) is 0 Å². The van der Waals surface area contributed by atoms with E-state index in [0.29, 0.717) is 11.7 Å². The molecular formula is C16H27FN2. The predicted octanol–water partition coefficient (Wildman–Crippen LogP) is 4.12. The molecule has 0 saturated heterocycles. The van der Waals surface area contributed by atoms with Gasteiger partial charge in [0.1, 0.15) is 5.82 Å². The van der Waals surface area contributed by atoms with Crippen molar-refractivity contribution in [2.75, 3.05) is 18.0 Å². The number of benzene rings is 1. The zero-order valence-electron chi connectivity index (χ0n) is 12.8. The second kappa shape index (κ2) is 7.49. The molecule has 0 heterocycles. The first kappa shape index (κ1) is 16.0. The Labute approximate surface area is 117 Å². The minimum Gasteiger partial charge on any atom is -0.367 e. The van der Waals surface area contributed by atoms with Gasteiger partial charge in [-0.25, -0.2) is 4.39 Å². The van der Waals surface area contributed by atoms with Crippen molar-refractivity contribution >= 4 is 5.69 Å². The van der Waals surface area contributed by atoms with Crippen LogP contribution in [0.5, 0.6) is 0 Å². The first-order valence-electron chi connectivity index (χ1n) is 7.30. The Bertz CT molecular complexity index is 390. The van der Waals surface area contributed by atoms with E-state index in [1.165, 1.54) is 0 Å². The molecule has 1 unspecified atom stereocenters. The molecule has 1 atom stereocenters. The number of halogens is 1. The van der Waals surface area contributed by atoms with Crippen molar-refractivity contribution < 1.29 is 4.39 Å². The second-order valence-corrected chi connectivity index (χ2v) is 5.28. The van der Waals surface area contributed by atoms with Crippen LogP contribution in [0, 0.1) is 5.82 Å². The molecule has 0 saturated carbocycles. The van der Waals surface area contributed by atoms with Gasteiger partial charge >= 0.3 is 0 Å². The molecule has 0 bridgehead atoms. The topological polar surface area (TPSA) is 15.3 Å². The van der Waals surface area contributed by atoms with Crippen molar-refractivity contribution in [1.82, 2.24) is 5.32 Å². The Morgan fingerprint density at radius 1 is 1.21 bits per heavy atom. The smallest absolute Gasteiger partial charge is 0.146 e. The Morgan fingerprint density at radius 2 is 1.89 bits per heavy atom. The monoisotopic (exact) mass is 266 g/mol. The van der Waals surface area contributed by atoms with E-state index in [0.717, 1.165) is 25.1 Å². The number of nitrogens with one attached hydrogen (secondary N) is 1. The highest BCUT2D eigenvalue weighted by molar-refractivity contribution is 5.50. The first-order valence-corrected chi connectivity index (χ1v) is 7.30. The summed E-state index contributed by atoms with van der Waals surface area (Å²) < 4.78 is 14.3. The van der Waals surface area contributed by atoms with Crippen LogP contribution in [-0.4, -0.2) is 19.1 Å². The van der Waals surface area contributed by atoms with Crippen LogP contribution in [0.3, 0.4) is 0 Å². The standard InChI is InChI=1S/C16H27FN2/c1-6-10-19(12(3)4)16-9-8-14(11-15(16)17)13(5)18-7-2/h8-9,11-13,18H,6-7,10H2,1-5H3. The Morgan fingerprint density at radius 3 is 2.37 bits per heavy atom. The van der Waals surface area contributed by atoms with Crippen molar-refractivity contribution in [3.63, 3.8) is 0 Å². The van der Waals surface area contributed by atoms with Gasteiger partial charge in [-0.1, -0.05) is 19.9 Å². The molecule has 0 amide bonds. The molecule has 1 N–H and O–H groups in total. The summed E-state index contributed by atoms with van der Waals surface area (Å²) >= 11 is 0. The fourth-order valence-electron chi connectivity index (χ4n) is 2.35. The lowest BCUT2D eigenvalue weighted by Gasteiger charge is -2.29.